The molecule has 0 aliphatic heterocycles. The van der Waals surface area contributed by atoms with Gasteiger partial charge in [0.15, 0.2) is 0 Å². The summed E-state index contributed by atoms with van der Waals surface area (Å²) in [7, 11) is 2.98. The van der Waals surface area contributed by atoms with Crippen LogP contribution in [-0.2, 0) is 9.47 Å². The molecule has 2 N–H and O–H groups in total. The number of hydrogen-bond acceptors (Lipinski definition) is 4. The lowest BCUT2D eigenvalue weighted by atomic mass is 10.1. The first kappa shape index (κ1) is 14.1. The van der Waals surface area contributed by atoms with Gasteiger partial charge in [-0.1, -0.05) is 0 Å². The predicted molar refractivity (Wildman–Crippen MR) is 65.1 cm³/mol. The number of hydrogen-bond donors (Lipinski definition) is 2. The maximum atomic E-state index is 11.5. The molecule has 1 rings (SSSR count). The normalized spacial score (nSPS) is 9.89. The van der Waals surface area contributed by atoms with E-state index in [9.17, 15) is 9.59 Å². The van der Waals surface area contributed by atoms with Gasteiger partial charge >= 0.3 is 0 Å². The third-order valence-corrected chi connectivity index (χ3v) is 2.16. The van der Waals surface area contributed by atoms with E-state index in [-0.39, 0.29) is 25.3 Å². The smallest absolute Gasteiger partial charge is 0.253 e. The summed E-state index contributed by atoms with van der Waals surface area (Å²) in [5.41, 5.74) is 0.936. The highest BCUT2D eigenvalue weighted by Crippen LogP contribution is 2.04. The van der Waals surface area contributed by atoms with Crippen LogP contribution in [0.25, 0.3) is 0 Å². The molecule has 0 fully saturated rings. The van der Waals surface area contributed by atoms with E-state index in [2.05, 4.69) is 10.6 Å². The standard InChI is InChI=1S/C12H16N2O4/c1-17-7-13-11(15)9-3-5-10(6-4-9)12(16)14-8-18-2/h3-6H,7-8H2,1-2H3,(H,13,15)(H,14,16). The Morgan fingerprint density at radius 2 is 1.22 bits per heavy atom. The highest BCUT2D eigenvalue weighted by Gasteiger charge is 2.07. The minimum absolute atomic E-state index is 0.148. The molecule has 0 aromatic heterocycles. The van der Waals surface area contributed by atoms with Crippen molar-refractivity contribution < 1.29 is 19.1 Å². The molecule has 0 atom stereocenters. The molecule has 0 spiro atoms. The van der Waals surface area contributed by atoms with E-state index < -0.39 is 0 Å². The van der Waals surface area contributed by atoms with Gasteiger partial charge in [0.25, 0.3) is 11.8 Å². The van der Waals surface area contributed by atoms with E-state index in [1.54, 1.807) is 24.3 Å². The van der Waals surface area contributed by atoms with E-state index in [1.807, 2.05) is 0 Å². The zero-order valence-corrected chi connectivity index (χ0v) is 10.4. The maximum Gasteiger partial charge on any atom is 0.253 e. The first-order valence-electron chi connectivity index (χ1n) is 5.33. The van der Waals surface area contributed by atoms with E-state index in [1.165, 1.54) is 14.2 Å². The second-order valence-corrected chi connectivity index (χ2v) is 3.46. The highest BCUT2D eigenvalue weighted by molar-refractivity contribution is 5.97. The lowest BCUT2D eigenvalue weighted by molar-refractivity contribution is 0.0859. The van der Waals surface area contributed by atoms with Gasteiger partial charge in [0.1, 0.15) is 13.5 Å². The van der Waals surface area contributed by atoms with Crippen molar-refractivity contribution in [3.63, 3.8) is 0 Å². The molecule has 1 aromatic carbocycles. The summed E-state index contributed by atoms with van der Waals surface area (Å²) in [6, 6.07) is 6.30. The molecule has 0 bridgehead atoms. The Kier molecular flexibility index (Phi) is 5.83. The van der Waals surface area contributed by atoms with Gasteiger partial charge in [-0.2, -0.15) is 0 Å². The van der Waals surface area contributed by atoms with E-state index in [0.717, 1.165) is 0 Å². The molecule has 0 aliphatic carbocycles. The number of rotatable bonds is 6. The summed E-state index contributed by atoms with van der Waals surface area (Å²) in [6.45, 7) is 0.295. The number of amides is 2. The maximum absolute atomic E-state index is 11.5. The topological polar surface area (TPSA) is 76.7 Å². The zero-order valence-electron chi connectivity index (χ0n) is 10.4. The molecule has 18 heavy (non-hydrogen) atoms. The summed E-state index contributed by atoms with van der Waals surface area (Å²) in [6.07, 6.45) is 0. The summed E-state index contributed by atoms with van der Waals surface area (Å²) in [5.74, 6) is -0.499. The Morgan fingerprint density at radius 3 is 1.50 bits per heavy atom. The lowest BCUT2D eigenvalue weighted by Crippen LogP contribution is -2.26. The molecular weight excluding hydrogens is 236 g/mol. The SMILES string of the molecule is COCNC(=O)c1ccc(C(=O)NCOC)cc1. The molecule has 0 saturated carbocycles. The van der Waals surface area contributed by atoms with Gasteiger partial charge in [-0.25, -0.2) is 0 Å². The van der Waals surface area contributed by atoms with Gasteiger partial charge < -0.3 is 20.1 Å². The largest absolute Gasteiger partial charge is 0.364 e. The van der Waals surface area contributed by atoms with Crippen LogP contribution >= 0.6 is 0 Å². The number of carbonyl (C=O) groups excluding carboxylic acids is 2. The van der Waals surface area contributed by atoms with Gasteiger partial charge in [-0.05, 0) is 24.3 Å². The average Bonchev–Trinajstić information content (AvgIpc) is 2.42. The second-order valence-electron chi connectivity index (χ2n) is 3.46. The molecule has 98 valence electrons. The van der Waals surface area contributed by atoms with Crippen LogP contribution in [0.1, 0.15) is 20.7 Å². The second kappa shape index (κ2) is 7.41. The average molecular weight is 252 g/mol. The van der Waals surface area contributed by atoms with Crippen molar-refractivity contribution in [3.8, 4) is 0 Å². The summed E-state index contributed by atoms with van der Waals surface area (Å²) in [5, 5.41) is 5.10. The van der Waals surface area contributed by atoms with Crippen molar-refractivity contribution in [2.75, 3.05) is 27.7 Å². The molecule has 6 nitrogen and oxygen atoms in total. The van der Waals surface area contributed by atoms with Crippen LogP contribution in [-0.4, -0.2) is 39.5 Å². The van der Waals surface area contributed by atoms with Gasteiger partial charge in [0, 0.05) is 25.3 Å². The molecular formula is C12H16N2O4. The van der Waals surface area contributed by atoms with Crippen molar-refractivity contribution in [2.24, 2.45) is 0 Å². The van der Waals surface area contributed by atoms with Crippen LogP contribution in [0.2, 0.25) is 0 Å². The first-order valence-corrected chi connectivity index (χ1v) is 5.33. The molecule has 2 amide bonds. The number of methoxy groups -OCH3 is 2. The van der Waals surface area contributed by atoms with Gasteiger partial charge in [-0.3, -0.25) is 9.59 Å². The van der Waals surface area contributed by atoms with Crippen LogP contribution < -0.4 is 10.6 Å². The third kappa shape index (κ3) is 4.15. The van der Waals surface area contributed by atoms with E-state index in [0.29, 0.717) is 11.1 Å². The van der Waals surface area contributed by atoms with Crippen LogP contribution in [0, 0.1) is 0 Å². The Labute approximate surface area is 105 Å². The van der Waals surface area contributed by atoms with Crippen LogP contribution in [0.15, 0.2) is 24.3 Å². The Hall–Kier alpha value is -1.92. The van der Waals surface area contributed by atoms with Crippen LogP contribution in [0.5, 0.6) is 0 Å². The molecule has 0 radical (unpaired) electrons. The van der Waals surface area contributed by atoms with Crippen molar-refractivity contribution in [1.82, 2.24) is 10.6 Å². The minimum Gasteiger partial charge on any atom is -0.364 e. The third-order valence-electron chi connectivity index (χ3n) is 2.16. The minimum atomic E-state index is -0.249. The molecule has 0 aliphatic rings. The summed E-state index contributed by atoms with van der Waals surface area (Å²) < 4.78 is 9.46. The first-order chi connectivity index (χ1) is 8.69. The van der Waals surface area contributed by atoms with Crippen molar-refractivity contribution in [1.29, 1.82) is 0 Å². The van der Waals surface area contributed by atoms with Crippen molar-refractivity contribution in [2.45, 2.75) is 0 Å². The van der Waals surface area contributed by atoms with Crippen LogP contribution in [0.4, 0.5) is 0 Å². The number of carbonyl (C=O) groups is 2. The number of nitrogens with one attached hydrogen (secondary N) is 2. The summed E-state index contributed by atoms with van der Waals surface area (Å²) in [4.78, 5) is 23.1. The fourth-order valence-corrected chi connectivity index (χ4v) is 1.25. The molecule has 0 heterocycles. The fraction of sp³-hybridized carbons (Fsp3) is 0.333. The molecule has 1 aromatic rings. The monoisotopic (exact) mass is 252 g/mol. The van der Waals surface area contributed by atoms with Crippen molar-refractivity contribution in [3.05, 3.63) is 35.4 Å². The highest BCUT2D eigenvalue weighted by atomic mass is 16.5. The lowest BCUT2D eigenvalue weighted by Gasteiger charge is -2.06. The number of benzene rings is 1. The Balaban J connectivity index is 2.62. The summed E-state index contributed by atoms with van der Waals surface area (Å²) >= 11 is 0. The quantitative estimate of drug-likeness (QED) is 0.716. The van der Waals surface area contributed by atoms with E-state index in [4.69, 9.17) is 9.47 Å². The zero-order chi connectivity index (χ0) is 13.4. The van der Waals surface area contributed by atoms with E-state index >= 15 is 0 Å². The van der Waals surface area contributed by atoms with Crippen LogP contribution in [0.3, 0.4) is 0 Å². The van der Waals surface area contributed by atoms with Gasteiger partial charge in [0.2, 0.25) is 0 Å². The fourth-order valence-electron chi connectivity index (χ4n) is 1.25. The Bertz CT molecular complexity index is 364. The Morgan fingerprint density at radius 1 is 0.889 bits per heavy atom. The molecule has 0 unspecified atom stereocenters. The van der Waals surface area contributed by atoms with Gasteiger partial charge in [-0.15, -0.1) is 0 Å². The number of ether oxygens (including phenoxy) is 2. The molecule has 6 heteroatoms. The molecule has 0 saturated heterocycles. The predicted octanol–water partition coefficient (Wildman–Crippen LogP) is 0.354. The van der Waals surface area contributed by atoms with Gasteiger partial charge in [0.05, 0.1) is 0 Å². The van der Waals surface area contributed by atoms with Crippen molar-refractivity contribution >= 4 is 11.8 Å².